The third-order valence-corrected chi connectivity index (χ3v) is 4.83. The number of aryl methyl sites for hydroxylation is 1. The van der Waals surface area contributed by atoms with Gasteiger partial charge in [0.15, 0.2) is 0 Å². The smallest absolute Gasteiger partial charge is 0.295 e. The van der Waals surface area contributed by atoms with E-state index in [0.29, 0.717) is 12.2 Å². The average Bonchev–Trinajstić information content (AvgIpc) is 2.97. The molecule has 27 heavy (non-hydrogen) atoms. The zero-order chi connectivity index (χ0) is 19.4. The first-order valence-electron chi connectivity index (χ1n) is 9.00. The number of methoxy groups -OCH3 is 1. The van der Waals surface area contributed by atoms with Gasteiger partial charge in [0.25, 0.3) is 11.7 Å². The lowest BCUT2D eigenvalue weighted by atomic mass is 9.94. The number of ketones is 1. The van der Waals surface area contributed by atoms with Crippen LogP contribution >= 0.6 is 0 Å². The summed E-state index contributed by atoms with van der Waals surface area (Å²) in [7, 11) is 1.55. The minimum atomic E-state index is -0.669. The Labute approximate surface area is 158 Å². The van der Waals surface area contributed by atoms with Crippen molar-refractivity contribution in [1.82, 2.24) is 4.90 Å². The fourth-order valence-electron chi connectivity index (χ4n) is 3.33. The summed E-state index contributed by atoms with van der Waals surface area (Å²) in [6, 6.07) is 16.0. The second kappa shape index (κ2) is 8.18. The number of benzene rings is 2. The zero-order valence-electron chi connectivity index (χ0n) is 15.5. The van der Waals surface area contributed by atoms with E-state index in [0.717, 1.165) is 17.5 Å². The Hall–Kier alpha value is -2.92. The third-order valence-electron chi connectivity index (χ3n) is 4.83. The highest BCUT2D eigenvalue weighted by molar-refractivity contribution is 6.46. The van der Waals surface area contributed by atoms with E-state index in [1.54, 1.807) is 31.4 Å². The maximum Gasteiger partial charge on any atom is 0.295 e. The molecule has 1 saturated heterocycles. The van der Waals surface area contributed by atoms with Gasteiger partial charge in [-0.25, -0.2) is 0 Å². The highest BCUT2D eigenvalue weighted by Gasteiger charge is 2.45. The standard InChI is InChI=1S/C22H23NO4/c1-3-15-9-11-16(12-10-15)19-18(20(24)17-7-5-4-6-8-17)21(25)22(26)23(19)13-14-27-2/h4-12,19,24H,3,13-14H2,1-2H3/b20-18-. The van der Waals surface area contributed by atoms with Gasteiger partial charge in [0, 0.05) is 19.2 Å². The van der Waals surface area contributed by atoms with Crippen LogP contribution < -0.4 is 0 Å². The number of carbonyl (C=O) groups excluding carboxylic acids is 2. The quantitative estimate of drug-likeness (QED) is 0.484. The molecule has 0 aliphatic carbocycles. The monoisotopic (exact) mass is 365 g/mol. The van der Waals surface area contributed by atoms with Crippen molar-refractivity contribution < 1.29 is 19.4 Å². The number of nitrogens with zero attached hydrogens (tertiary/aromatic N) is 1. The van der Waals surface area contributed by atoms with Crippen molar-refractivity contribution in [2.45, 2.75) is 19.4 Å². The summed E-state index contributed by atoms with van der Waals surface area (Å²) in [5, 5.41) is 10.8. The summed E-state index contributed by atoms with van der Waals surface area (Å²) in [5.41, 5.74) is 2.58. The van der Waals surface area contributed by atoms with Crippen molar-refractivity contribution in [2.24, 2.45) is 0 Å². The predicted molar refractivity (Wildman–Crippen MR) is 103 cm³/mol. The van der Waals surface area contributed by atoms with Crippen LogP contribution in [0.5, 0.6) is 0 Å². The summed E-state index contributed by atoms with van der Waals surface area (Å²) in [4.78, 5) is 26.9. The number of aliphatic hydroxyl groups is 1. The van der Waals surface area contributed by atoms with Gasteiger partial charge in [-0.3, -0.25) is 9.59 Å². The van der Waals surface area contributed by atoms with Gasteiger partial charge < -0.3 is 14.7 Å². The molecule has 1 fully saturated rings. The number of rotatable bonds is 6. The molecule has 1 heterocycles. The number of aliphatic hydroxyl groups excluding tert-OH is 1. The van der Waals surface area contributed by atoms with E-state index in [1.165, 1.54) is 4.90 Å². The summed E-state index contributed by atoms with van der Waals surface area (Å²) in [6.45, 7) is 2.64. The first kappa shape index (κ1) is 18.9. The number of carbonyl (C=O) groups is 2. The lowest BCUT2D eigenvalue weighted by Crippen LogP contribution is -2.32. The molecular formula is C22H23NO4. The molecule has 3 rings (SSSR count). The number of ether oxygens (including phenoxy) is 1. The molecule has 1 aliphatic rings. The highest BCUT2D eigenvalue weighted by atomic mass is 16.5. The molecule has 140 valence electrons. The van der Waals surface area contributed by atoms with Gasteiger partial charge in [0.05, 0.1) is 18.2 Å². The molecule has 0 bridgehead atoms. The van der Waals surface area contributed by atoms with Gasteiger partial charge in [-0.1, -0.05) is 61.5 Å². The minimum Gasteiger partial charge on any atom is -0.507 e. The predicted octanol–water partition coefficient (Wildman–Crippen LogP) is 3.32. The van der Waals surface area contributed by atoms with Crippen LogP contribution in [0, 0.1) is 0 Å². The Balaban J connectivity index is 2.13. The Morgan fingerprint density at radius 2 is 1.74 bits per heavy atom. The van der Waals surface area contributed by atoms with E-state index < -0.39 is 17.7 Å². The summed E-state index contributed by atoms with van der Waals surface area (Å²) in [6.07, 6.45) is 0.897. The van der Waals surface area contributed by atoms with Crippen LogP contribution in [-0.4, -0.2) is 42.0 Å². The van der Waals surface area contributed by atoms with E-state index in [9.17, 15) is 14.7 Å². The van der Waals surface area contributed by atoms with Crippen LogP contribution in [-0.2, 0) is 20.7 Å². The van der Waals surface area contributed by atoms with Gasteiger partial charge in [0.1, 0.15) is 5.76 Å². The molecule has 1 N–H and O–H groups in total. The van der Waals surface area contributed by atoms with Crippen LogP contribution in [0.3, 0.4) is 0 Å². The van der Waals surface area contributed by atoms with Crippen molar-refractivity contribution >= 4 is 17.4 Å². The van der Waals surface area contributed by atoms with Crippen LogP contribution in [0.15, 0.2) is 60.2 Å². The molecule has 5 nitrogen and oxygen atoms in total. The maximum atomic E-state index is 12.8. The van der Waals surface area contributed by atoms with Crippen LogP contribution in [0.2, 0.25) is 0 Å². The Bertz CT molecular complexity index is 856. The maximum absolute atomic E-state index is 12.8. The molecule has 1 unspecified atom stereocenters. The minimum absolute atomic E-state index is 0.117. The normalized spacial score (nSPS) is 18.9. The lowest BCUT2D eigenvalue weighted by molar-refractivity contribution is -0.140. The molecule has 1 aliphatic heterocycles. The van der Waals surface area contributed by atoms with Gasteiger partial charge in [-0.2, -0.15) is 0 Å². The number of amides is 1. The van der Waals surface area contributed by atoms with E-state index in [-0.39, 0.29) is 17.9 Å². The molecule has 0 radical (unpaired) electrons. The first-order chi connectivity index (χ1) is 13.1. The number of Topliss-reactive ketones (excluding diaryl/α,β-unsaturated/α-hetero) is 1. The van der Waals surface area contributed by atoms with E-state index >= 15 is 0 Å². The SMILES string of the molecule is CCc1ccc(C2/C(=C(/O)c3ccccc3)C(=O)C(=O)N2CCOC)cc1. The Kier molecular flexibility index (Phi) is 5.72. The molecule has 0 saturated carbocycles. The van der Waals surface area contributed by atoms with Crippen LogP contribution in [0.1, 0.15) is 29.7 Å². The summed E-state index contributed by atoms with van der Waals surface area (Å²) < 4.78 is 5.10. The van der Waals surface area contributed by atoms with Crippen LogP contribution in [0.25, 0.3) is 5.76 Å². The summed E-state index contributed by atoms with van der Waals surface area (Å²) in [5.74, 6) is -1.44. The van der Waals surface area contributed by atoms with E-state index in [2.05, 4.69) is 6.92 Å². The molecule has 0 aromatic heterocycles. The molecule has 1 amide bonds. The molecule has 5 heteroatoms. The molecule has 1 atom stereocenters. The van der Waals surface area contributed by atoms with Crippen molar-refractivity contribution in [2.75, 3.05) is 20.3 Å². The molecule has 2 aromatic rings. The number of hydrogen-bond acceptors (Lipinski definition) is 4. The van der Waals surface area contributed by atoms with Crippen molar-refractivity contribution in [1.29, 1.82) is 0 Å². The van der Waals surface area contributed by atoms with Crippen molar-refractivity contribution in [3.8, 4) is 0 Å². The van der Waals surface area contributed by atoms with Gasteiger partial charge in [0.2, 0.25) is 0 Å². The van der Waals surface area contributed by atoms with Crippen molar-refractivity contribution in [3.05, 3.63) is 76.9 Å². The Morgan fingerprint density at radius 1 is 1.07 bits per heavy atom. The molecule has 0 spiro atoms. The Morgan fingerprint density at radius 3 is 2.33 bits per heavy atom. The zero-order valence-corrected chi connectivity index (χ0v) is 15.5. The van der Waals surface area contributed by atoms with Crippen LogP contribution in [0.4, 0.5) is 0 Å². The fourth-order valence-corrected chi connectivity index (χ4v) is 3.33. The van der Waals surface area contributed by atoms with E-state index in [1.807, 2.05) is 30.3 Å². The second-order valence-corrected chi connectivity index (χ2v) is 6.45. The molecular weight excluding hydrogens is 342 g/mol. The highest BCUT2D eigenvalue weighted by Crippen LogP contribution is 2.39. The average molecular weight is 365 g/mol. The van der Waals surface area contributed by atoms with Crippen molar-refractivity contribution in [3.63, 3.8) is 0 Å². The first-order valence-corrected chi connectivity index (χ1v) is 9.00. The topological polar surface area (TPSA) is 66.8 Å². The summed E-state index contributed by atoms with van der Waals surface area (Å²) >= 11 is 0. The van der Waals surface area contributed by atoms with Gasteiger partial charge in [-0.15, -0.1) is 0 Å². The molecule has 2 aromatic carbocycles. The van der Waals surface area contributed by atoms with Gasteiger partial charge in [-0.05, 0) is 17.5 Å². The van der Waals surface area contributed by atoms with Gasteiger partial charge >= 0.3 is 0 Å². The number of hydrogen-bond donors (Lipinski definition) is 1. The lowest BCUT2D eigenvalue weighted by Gasteiger charge is -2.25. The fraction of sp³-hybridized carbons (Fsp3) is 0.273. The van der Waals surface area contributed by atoms with E-state index in [4.69, 9.17) is 4.74 Å². The third kappa shape index (κ3) is 3.64. The number of likely N-dealkylation sites (tertiary alicyclic amines) is 1. The second-order valence-electron chi connectivity index (χ2n) is 6.45. The largest absolute Gasteiger partial charge is 0.507 e.